The first-order chi connectivity index (χ1) is 8.25. The van der Waals surface area contributed by atoms with Crippen molar-refractivity contribution in [3.05, 3.63) is 53.6 Å². The Kier molecular flexibility index (Phi) is 3.82. The van der Waals surface area contributed by atoms with Crippen LogP contribution in [0.3, 0.4) is 0 Å². The molecule has 0 aliphatic carbocycles. The van der Waals surface area contributed by atoms with E-state index in [0.29, 0.717) is 18.7 Å². The summed E-state index contributed by atoms with van der Waals surface area (Å²) in [6, 6.07) is 3.45. The van der Waals surface area contributed by atoms with E-state index in [0.717, 1.165) is 24.4 Å². The summed E-state index contributed by atoms with van der Waals surface area (Å²) in [7, 11) is 0. The largest absolute Gasteiger partial charge is 0.349 e. The molecule has 5 heteroatoms. The second-order valence-electron chi connectivity index (χ2n) is 3.70. The molecule has 1 heterocycles. The van der Waals surface area contributed by atoms with Crippen LogP contribution in [-0.2, 0) is 13.0 Å². The summed E-state index contributed by atoms with van der Waals surface area (Å²) >= 11 is 0. The minimum atomic E-state index is -0.422. The highest BCUT2D eigenvalue weighted by Crippen LogP contribution is 2.08. The number of imidazole rings is 1. The molecule has 2 rings (SSSR count). The van der Waals surface area contributed by atoms with Crippen molar-refractivity contribution in [2.75, 3.05) is 6.54 Å². The third kappa shape index (κ3) is 3.35. The van der Waals surface area contributed by atoms with Crippen LogP contribution in [0.5, 0.6) is 0 Å². The summed E-state index contributed by atoms with van der Waals surface area (Å²) < 4.78 is 26.1. The second-order valence-corrected chi connectivity index (χ2v) is 3.70. The highest BCUT2D eigenvalue weighted by Gasteiger charge is 2.03. The minimum absolute atomic E-state index is 0.310. The average Bonchev–Trinajstić information content (AvgIpc) is 2.82. The van der Waals surface area contributed by atoms with Crippen LogP contribution in [0.25, 0.3) is 0 Å². The van der Waals surface area contributed by atoms with Gasteiger partial charge in [0.1, 0.15) is 17.5 Å². The molecule has 90 valence electrons. The molecule has 2 aromatic rings. The maximum absolute atomic E-state index is 13.2. The molecule has 0 bridgehead atoms. The molecule has 0 atom stereocenters. The van der Waals surface area contributed by atoms with E-state index >= 15 is 0 Å². The van der Waals surface area contributed by atoms with E-state index in [2.05, 4.69) is 15.3 Å². The fourth-order valence-corrected chi connectivity index (χ4v) is 1.54. The van der Waals surface area contributed by atoms with Gasteiger partial charge in [0.15, 0.2) is 0 Å². The van der Waals surface area contributed by atoms with Gasteiger partial charge in [0, 0.05) is 37.5 Å². The number of aromatic nitrogens is 2. The summed E-state index contributed by atoms with van der Waals surface area (Å²) in [6.07, 6.45) is 4.16. The summed E-state index contributed by atoms with van der Waals surface area (Å²) in [6.45, 7) is 0.966. The van der Waals surface area contributed by atoms with E-state index in [1.807, 2.05) is 0 Å². The maximum Gasteiger partial charge on any atom is 0.127 e. The van der Waals surface area contributed by atoms with E-state index in [1.165, 1.54) is 6.07 Å². The smallest absolute Gasteiger partial charge is 0.127 e. The maximum atomic E-state index is 13.2. The molecule has 0 saturated carbocycles. The SMILES string of the molecule is Fc1ccc(F)c(CNCCc2ncc[nH]2)c1. The predicted octanol–water partition coefficient (Wildman–Crippen LogP) is 2.02. The molecule has 3 nitrogen and oxygen atoms in total. The number of hydrogen-bond donors (Lipinski definition) is 2. The molecular weight excluding hydrogens is 224 g/mol. The van der Waals surface area contributed by atoms with Crippen LogP contribution in [0.2, 0.25) is 0 Å². The van der Waals surface area contributed by atoms with Crippen molar-refractivity contribution in [1.29, 1.82) is 0 Å². The van der Waals surface area contributed by atoms with Gasteiger partial charge in [0.2, 0.25) is 0 Å². The Bertz CT molecular complexity index is 469. The molecule has 0 amide bonds. The number of nitrogens with zero attached hydrogens (tertiary/aromatic N) is 1. The zero-order valence-electron chi connectivity index (χ0n) is 9.21. The van der Waals surface area contributed by atoms with Gasteiger partial charge in [0.05, 0.1) is 0 Å². The fourth-order valence-electron chi connectivity index (χ4n) is 1.54. The highest BCUT2D eigenvalue weighted by molar-refractivity contribution is 5.18. The van der Waals surface area contributed by atoms with E-state index in [1.54, 1.807) is 12.4 Å². The normalized spacial score (nSPS) is 10.7. The van der Waals surface area contributed by atoms with Crippen molar-refractivity contribution >= 4 is 0 Å². The Morgan fingerprint density at radius 2 is 2.18 bits per heavy atom. The fraction of sp³-hybridized carbons (Fsp3) is 0.250. The third-order valence-corrected chi connectivity index (χ3v) is 2.42. The van der Waals surface area contributed by atoms with Crippen molar-refractivity contribution in [3.63, 3.8) is 0 Å². The van der Waals surface area contributed by atoms with Crippen molar-refractivity contribution in [1.82, 2.24) is 15.3 Å². The molecule has 0 unspecified atom stereocenters. The lowest BCUT2D eigenvalue weighted by Crippen LogP contribution is -2.18. The van der Waals surface area contributed by atoms with Crippen LogP contribution < -0.4 is 5.32 Å². The Hall–Kier alpha value is -1.75. The van der Waals surface area contributed by atoms with Gasteiger partial charge in [0.25, 0.3) is 0 Å². The first-order valence-electron chi connectivity index (χ1n) is 5.38. The molecule has 0 aliphatic heterocycles. The van der Waals surface area contributed by atoms with Crippen LogP contribution >= 0.6 is 0 Å². The molecule has 2 N–H and O–H groups in total. The van der Waals surface area contributed by atoms with Crippen LogP contribution in [0, 0.1) is 11.6 Å². The van der Waals surface area contributed by atoms with Crippen LogP contribution in [0.15, 0.2) is 30.6 Å². The standard InChI is InChI=1S/C12H13F2N3/c13-10-1-2-11(14)9(7-10)8-15-4-3-12-16-5-6-17-12/h1-2,5-7,15H,3-4,8H2,(H,16,17). The number of nitrogens with one attached hydrogen (secondary N) is 2. The zero-order valence-corrected chi connectivity index (χ0v) is 9.21. The van der Waals surface area contributed by atoms with Crippen molar-refractivity contribution in [2.45, 2.75) is 13.0 Å². The number of aromatic amines is 1. The van der Waals surface area contributed by atoms with E-state index in [4.69, 9.17) is 0 Å². The van der Waals surface area contributed by atoms with Gasteiger partial charge in [-0.05, 0) is 18.2 Å². The van der Waals surface area contributed by atoms with Gasteiger partial charge < -0.3 is 10.3 Å². The topological polar surface area (TPSA) is 40.7 Å². The van der Waals surface area contributed by atoms with Crippen molar-refractivity contribution in [2.24, 2.45) is 0 Å². The Balaban J connectivity index is 1.80. The average molecular weight is 237 g/mol. The molecule has 1 aromatic heterocycles. The number of rotatable bonds is 5. The zero-order chi connectivity index (χ0) is 12.1. The van der Waals surface area contributed by atoms with E-state index < -0.39 is 11.6 Å². The lowest BCUT2D eigenvalue weighted by atomic mass is 10.2. The summed E-state index contributed by atoms with van der Waals surface area (Å²) in [4.78, 5) is 7.03. The quantitative estimate of drug-likeness (QED) is 0.781. The number of halogens is 2. The number of H-pyrrole nitrogens is 1. The highest BCUT2D eigenvalue weighted by atomic mass is 19.1. The minimum Gasteiger partial charge on any atom is -0.349 e. The first-order valence-corrected chi connectivity index (χ1v) is 5.38. The Morgan fingerprint density at radius 3 is 2.94 bits per heavy atom. The Morgan fingerprint density at radius 1 is 1.29 bits per heavy atom. The van der Waals surface area contributed by atoms with Crippen LogP contribution in [0.1, 0.15) is 11.4 Å². The summed E-state index contributed by atoms with van der Waals surface area (Å²) in [5.74, 6) is 0.0587. The van der Waals surface area contributed by atoms with Gasteiger partial charge in [-0.3, -0.25) is 0 Å². The predicted molar refractivity (Wildman–Crippen MR) is 60.4 cm³/mol. The number of benzene rings is 1. The van der Waals surface area contributed by atoms with E-state index in [9.17, 15) is 8.78 Å². The molecule has 0 spiro atoms. The molecule has 0 aliphatic rings. The number of hydrogen-bond acceptors (Lipinski definition) is 2. The molecular formula is C12H13F2N3. The molecule has 0 fully saturated rings. The van der Waals surface area contributed by atoms with Crippen LogP contribution in [-0.4, -0.2) is 16.5 Å². The monoisotopic (exact) mass is 237 g/mol. The van der Waals surface area contributed by atoms with Gasteiger partial charge in [-0.15, -0.1) is 0 Å². The van der Waals surface area contributed by atoms with Gasteiger partial charge in [-0.2, -0.15) is 0 Å². The summed E-state index contributed by atoms with van der Waals surface area (Å²) in [5, 5.41) is 3.04. The van der Waals surface area contributed by atoms with E-state index in [-0.39, 0.29) is 0 Å². The molecule has 17 heavy (non-hydrogen) atoms. The summed E-state index contributed by atoms with van der Waals surface area (Å²) in [5.41, 5.74) is 0.337. The lowest BCUT2D eigenvalue weighted by Gasteiger charge is -2.05. The van der Waals surface area contributed by atoms with Gasteiger partial charge in [-0.25, -0.2) is 13.8 Å². The molecule has 0 radical (unpaired) electrons. The lowest BCUT2D eigenvalue weighted by molar-refractivity contribution is 0.568. The van der Waals surface area contributed by atoms with Crippen molar-refractivity contribution < 1.29 is 8.78 Å². The second kappa shape index (κ2) is 5.54. The van der Waals surface area contributed by atoms with Gasteiger partial charge in [-0.1, -0.05) is 0 Å². The third-order valence-electron chi connectivity index (χ3n) is 2.42. The Labute approximate surface area is 97.9 Å². The van der Waals surface area contributed by atoms with Crippen molar-refractivity contribution in [3.8, 4) is 0 Å². The van der Waals surface area contributed by atoms with Crippen LogP contribution in [0.4, 0.5) is 8.78 Å². The van der Waals surface area contributed by atoms with Gasteiger partial charge >= 0.3 is 0 Å². The first kappa shape index (κ1) is 11.7. The molecule has 1 aromatic carbocycles. The molecule has 0 saturated heterocycles.